The van der Waals surface area contributed by atoms with E-state index in [4.69, 9.17) is 4.74 Å². The van der Waals surface area contributed by atoms with Crippen molar-refractivity contribution >= 4 is 5.91 Å². The highest BCUT2D eigenvalue weighted by Gasteiger charge is 2.17. The molecule has 25 heavy (non-hydrogen) atoms. The van der Waals surface area contributed by atoms with Gasteiger partial charge in [-0.05, 0) is 43.0 Å². The van der Waals surface area contributed by atoms with Crippen molar-refractivity contribution in [2.75, 3.05) is 45.9 Å². The van der Waals surface area contributed by atoms with Gasteiger partial charge >= 0.3 is 0 Å². The molecule has 2 fully saturated rings. The van der Waals surface area contributed by atoms with Crippen LogP contribution in [0.15, 0.2) is 24.3 Å². The van der Waals surface area contributed by atoms with Crippen LogP contribution in [0.3, 0.4) is 0 Å². The van der Waals surface area contributed by atoms with Crippen molar-refractivity contribution in [2.45, 2.75) is 32.9 Å². The normalized spacial score (nSPS) is 20.5. The molecule has 0 spiro atoms. The maximum atomic E-state index is 12.1. The van der Waals surface area contributed by atoms with Gasteiger partial charge in [-0.2, -0.15) is 0 Å². The van der Waals surface area contributed by atoms with Gasteiger partial charge in [0.1, 0.15) is 0 Å². The van der Waals surface area contributed by atoms with Crippen LogP contribution in [-0.2, 0) is 22.6 Å². The summed E-state index contributed by atoms with van der Waals surface area (Å²) in [4.78, 5) is 16.8. The fourth-order valence-corrected chi connectivity index (χ4v) is 3.46. The van der Waals surface area contributed by atoms with Crippen LogP contribution >= 0.6 is 0 Å². The summed E-state index contributed by atoms with van der Waals surface area (Å²) in [6, 6.07) is 8.59. The van der Waals surface area contributed by atoms with Crippen LogP contribution < -0.4 is 5.32 Å². The van der Waals surface area contributed by atoms with Crippen molar-refractivity contribution in [3.63, 3.8) is 0 Å². The number of piperidine rings is 1. The Morgan fingerprint density at radius 3 is 2.36 bits per heavy atom. The number of nitrogens with zero attached hydrogens (tertiary/aromatic N) is 2. The number of hydrogen-bond acceptors (Lipinski definition) is 4. The standard InChI is InChI=1S/C20H31N3O2/c1-17-6-8-22(9-7-17)16-20(24)21-14-18-2-4-19(5-3-18)15-23-10-12-25-13-11-23/h2-5,17H,6-16H2,1H3,(H,21,24). The summed E-state index contributed by atoms with van der Waals surface area (Å²) in [5.74, 6) is 0.933. The molecule has 5 heteroatoms. The zero-order chi connectivity index (χ0) is 17.5. The summed E-state index contributed by atoms with van der Waals surface area (Å²) in [5.41, 5.74) is 2.48. The fourth-order valence-electron chi connectivity index (χ4n) is 3.46. The van der Waals surface area contributed by atoms with Crippen LogP contribution in [0, 0.1) is 5.92 Å². The monoisotopic (exact) mass is 345 g/mol. The molecule has 1 aromatic rings. The molecule has 1 aromatic carbocycles. The minimum Gasteiger partial charge on any atom is -0.379 e. The number of hydrogen-bond donors (Lipinski definition) is 1. The van der Waals surface area contributed by atoms with Crippen LogP contribution in [0.25, 0.3) is 0 Å². The predicted octanol–water partition coefficient (Wildman–Crippen LogP) is 1.87. The summed E-state index contributed by atoms with van der Waals surface area (Å²) in [5, 5.41) is 3.05. The molecule has 2 aliphatic rings. The lowest BCUT2D eigenvalue weighted by molar-refractivity contribution is -0.122. The molecule has 1 amide bonds. The third-order valence-corrected chi connectivity index (χ3v) is 5.27. The second-order valence-electron chi connectivity index (χ2n) is 7.44. The number of morpholine rings is 1. The molecule has 0 saturated carbocycles. The van der Waals surface area contributed by atoms with Crippen LogP contribution in [-0.4, -0.2) is 61.6 Å². The maximum absolute atomic E-state index is 12.1. The first kappa shape index (κ1) is 18.4. The molecule has 1 N–H and O–H groups in total. The number of ether oxygens (including phenoxy) is 1. The van der Waals surface area contributed by atoms with Gasteiger partial charge < -0.3 is 10.1 Å². The van der Waals surface area contributed by atoms with Crippen LogP contribution in [0.1, 0.15) is 30.9 Å². The van der Waals surface area contributed by atoms with E-state index in [0.29, 0.717) is 13.1 Å². The van der Waals surface area contributed by atoms with Gasteiger partial charge in [-0.3, -0.25) is 14.6 Å². The largest absolute Gasteiger partial charge is 0.379 e. The summed E-state index contributed by atoms with van der Waals surface area (Å²) in [6.07, 6.45) is 2.41. The highest BCUT2D eigenvalue weighted by Crippen LogP contribution is 2.15. The van der Waals surface area contributed by atoms with Crippen molar-refractivity contribution in [1.82, 2.24) is 15.1 Å². The lowest BCUT2D eigenvalue weighted by Crippen LogP contribution is -2.41. The Bertz CT molecular complexity index is 532. The Morgan fingerprint density at radius 1 is 1.04 bits per heavy atom. The van der Waals surface area contributed by atoms with Crippen LogP contribution in [0.2, 0.25) is 0 Å². The van der Waals surface area contributed by atoms with E-state index >= 15 is 0 Å². The Morgan fingerprint density at radius 2 is 1.68 bits per heavy atom. The number of amides is 1. The number of nitrogens with one attached hydrogen (secondary N) is 1. The maximum Gasteiger partial charge on any atom is 0.234 e. The van der Waals surface area contributed by atoms with Gasteiger partial charge in [-0.1, -0.05) is 31.2 Å². The topological polar surface area (TPSA) is 44.8 Å². The van der Waals surface area contributed by atoms with Gasteiger partial charge in [0.05, 0.1) is 19.8 Å². The third kappa shape index (κ3) is 6.10. The molecule has 2 aliphatic heterocycles. The van der Waals surface area contributed by atoms with E-state index in [-0.39, 0.29) is 5.91 Å². The molecule has 2 heterocycles. The van der Waals surface area contributed by atoms with Gasteiger partial charge in [-0.15, -0.1) is 0 Å². The highest BCUT2D eigenvalue weighted by molar-refractivity contribution is 5.78. The van der Waals surface area contributed by atoms with E-state index in [0.717, 1.165) is 57.4 Å². The van der Waals surface area contributed by atoms with Gasteiger partial charge in [-0.25, -0.2) is 0 Å². The molecule has 138 valence electrons. The number of rotatable bonds is 6. The molecular weight excluding hydrogens is 314 g/mol. The Balaban J connectivity index is 1.38. The van der Waals surface area contributed by atoms with Crippen molar-refractivity contribution < 1.29 is 9.53 Å². The van der Waals surface area contributed by atoms with Gasteiger partial charge in [0.2, 0.25) is 5.91 Å². The molecular formula is C20H31N3O2. The number of carbonyl (C=O) groups excluding carboxylic acids is 1. The van der Waals surface area contributed by atoms with Crippen molar-refractivity contribution in [1.29, 1.82) is 0 Å². The first-order chi connectivity index (χ1) is 12.2. The average Bonchev–Trinajstić information content (AvgIpc) is 2.64. The molecule has 0 bridgehead atoms. The first-order valence-corrected chi connectivity index (χ1v) is 9.56. The fraction of sp³-hybridized carbons (Fsp3) is 0.650. The summed E-state index contributed by atoms with van der Waals surface area (Å²) in [7, 11) is 0. The molecule has 0 aliphatic carbocycles. The van der Waals surface area contributed by atoms with Gasteiger partial charge in [0.25, 0.3) is 0 Å². The van der Waals surface area contributed by atoms with E-state index in [2.05, 4.69) is 46.3 Å². The SMILES string of the molecule is CC1CCN(CC(=O)NCc2ccc(CN3CCOCC3)cc2)CC1. The van der Waals surface area contributed by atoms with Gasteiger partial charge in [0.15, 0.2) is 0 Å². The predicted molar refractivity (Wildman–Crippen MR) is 99.2 cm³/mol. The molecule has 2 saturated heterocycles. The number of benzene rings is 1. The lowest BCUT2D eigenvalue weighted by atomic mass is 9.99. The second kappa shape index (κ2) is 9.32. The minimum absolute atomic E-state index is 0.131. The molecule has 0 unspecified atom stereocenters. The quantitative estimate of drug-likeness (QED) is 0.855. The minimum atomic E-state index is 0.131. The van der Waals surface area contributed by atoms with Crippen molar-refractivity contribution in [3.8, 4) is 0 Å². The Hall–Kier alpha value is -1.43. The van der Waals surface area contributed by atoms with Gasteiger partial charge in [0, 0.05) is 26.2 Å². The average molecular weight is 345 g/mol. The molecule has 0 atom stereocenters. The summed E-state index contributed by atoms with van der Waals surface area (Å²) in [6.45, 7) is 10.2. The number of likely N-dealkylation sites (tertiary alicyclic amines) is 1. The van der Waals surface area contributed by atoms with Crippen molar-refractivity contribution in [2.24, 2.45) is 5.92 Å². The summed E-state index contributed by atoms with van der Waals surface area (Å²) >= 11 is 0. The highest BCUT2D eigenvalue weighted by atomic mass is 16.5. The van der Waals surface area contributed by atoms with E-state index < -0.39 is 0 Å². The zero-order valence-electron chi connectivity index (χ0n) is 15.4. The van der Waals surface area contributed by atoms with E-state index in [9.17, 15) is 4.79 Å². The third-order valence-electron chi connectivity index (χ3n) is 5.27. The van der Waals surface area contributed by atoms with E-state index in [1.54, 1.807) is 0 Å². The molecule has 0 radical (unpaired) electrons. The molecule has 3 rings (SSSR count). The Labute approximate surface area is 151 Å². The molecule has 5 nitrogen and oxygen atoms in total. The van der Waals surface area contributed by atoms with Crippen molar-refractivity contribution in [3.05, 3.63) is 35.4 Å². The Kier molecular flexibility index (Phi) is 6.84. The van der Waals surface area contributed by atoms with Crippen LogP contribution in [0.5, 0.6) is 0 Å². The molecule has 0 aromatic heterocycles. The van der Waals surface area contributed by atoms with E-state index in [1.807, 2.05) is 0 Å². The number of carbonyl (C=O) groups is 1. The van der Waals surface area contributed by atoms with E-state index in [1.165, 1.54) is 18.4 Å². The lowest BCUT2D eigenvalue weighted by Gasteiger charge is -2.29. The second-order valence-corrected chi connectivity index (χ2v) is 7.44. The summed E-state index contributed by atoms with van der Waals surface area (Å²) < 4.78 is 5.39. The smallest absolute Gasteiger partial charge is 0.234 e. The first-order valence-electron chi connectivity index (χ1n) is 9.56. The zero-order valence-corrected chi connectivity index (χ0v) is 15.4. The van der Waals surface area contributed by atoms with Crippen LogP contribution in [0.4, 0.5) is 0 Å².